The van der Waals surface area contributed by atoms with Gasteiger partial charge in [-0.25, -0.2) is 0 Å². The first-order valence-corrected chi connectivity index (χ1v) is 5.49. The molecule has 2 aromatic rings. The molecule has 0 N–H and O–H groups in total. The molecule has 0 bridgehead atoms. The molecule has 0 radical (unpaired) electrons. The molecule has 0 aliphatic carbocycles. The van der Waals surface area contributed by atoms with Crippen molar-refractivity contribution in [3.63, 3.8) is 0 Å². The number of ketones is 1. The predicted molar refractivity (Wildman–Crippen MR) is 57.2 cm³/mol. The number of thioether (sulfide) groups is 1. The van der Waals surface area contributed by atoms with Crippen LogP contribution in [-0.2, 0) is 0 Å². The van der Waals surface area contributed by atoms with Gasteiger partial charge in [0.1, 0.15) is 5.76 Å². The highest BCUT2D eigenvalue weighted by Gasteiger charge is 2.10. The van der Waals surface area contributed by atoms with Crippen LogP contribution in [-0.4, -0.2) is 11.5 Å². The second-order valence-electron chi connectivity index (χ2n) is 3.03. The average Bonchev–Trinajstić information content (AvgIpc) is 2.85. The van der Waals surface area contributed by atoms with E-state index in [1.54, 1.807) is 18.4 Å². The molecular weight excluding hydrogens is 212 g/mol. The van der Waals surface area contributed by atoms with Gasteiger partial charge in [-0.3, -0.25) is 4.79 Å². The van der Waals surface area contributed by atoms with E-state index in [1.807, 2.05) is 13.0 Å². The van der Waals surface area contributed by atoms with Crippen molar-refractivity contribution in [1.29, 1.82) is 0 Å². The lowest BCUT2D eigenvalue weighted by molar-refractivity contribution is 0.0992. The number of aryl methyl sites for hydroxylation is 1. The molecule has 0 aliphatic rings. The molecule has 0 atom stereocenters. The minimum Gasteiger partial charge on any atom is -0.468 e. The number of carbonyl (C=O) groups is 1. The van der Waals surface area contributed by atoms with Crippen LogP contribution in [0.3, 0.4) is 0 Å². The standard InChI is InChI=1S/C11H10O3S/c1-8-11(4-6-13-8)15-7-9(12)10-3-2-5-14-10/h2-6H,7H2,1H3. The fourth-order valence-corrected chi connectivity index (χ4v) is 2.01. The highest BCUT2D eigenvalue weighted by Crippen LogP contribution is 2.23. The average molecular weight is 222 g/mol. The van der Waals surface area contributed by atoms with Crippen LogP contribution in [0.1, 0.15) is 16.3 Å². The van der Waals surface area contributed by atoms with Gasteiger partial charge in [0.15, 0.2) is 5.76 Å². The maximum absolute atomic E-state index is 11.6. The van der Waals surface area contributed by atoms with Crippen molar-refractivity contribution >= 4 is 17.5 Å². The second kappa shape index (κ2) is 4.40. The number of furan rings is 2. The Bertz CT molecular complexity index is 442. The van der Waals surface area contributed by atoms with Gasteiger partial charge >= 0.3 is 0 Å². The first-order valence-electron chi connectivity index (χ1n) is 4.51. The van der Waals surface area contributed by atoms with Crippen molar-refractivity contribution in [3.8, 4) is 0 Å². The largest absolute Gasteiger partial charge is 0.468 e. The summed E-state index contributed by atoms with van der Waals surface area (Å²) in [7, 11) is 0. The van der Waals surface area contributed by atoms with E-state index in [9.17, 15) is 4.79 Å². The summed E-state index contributed by atoms with van der Waals surface area (Å²) in [5.74, 6) is 1.61. The van der Waals surface area contributed by atoms with E-state index in [0.29, 0.717) is 11.5 Å². The van der Waals surface area contributed by atoms with Gasteiger partial charge in [0.25, 0.3) is 0 Å². The van der Waals surface area contributed by atoms with Crippen molar-refractivity contribution in [3.05, 3.63) is 42.2 Å². The van der Waals surface area contributed by atoms with E-state index in [2.05, 4.69) is 0 Å². The van der Waals surface area contributed by atoms with E-state index >= 15 is 0 Å². The van der Waals surface area contributed by atoms with Crippen LogP contribution in [0.5, 0.6) is 0 Å². The minimum absolute atomic E-state index is 0.00870. The molecule has 0 saturated carbocycles. The zero-order valence-corrected chi connectivity index (χ0v) is 9.04. The molecule has 0 unspecified atom stereocenters. The lowest BCUT2D eigenvalue weighted by Gasteiger charge is -1.96. The Morgan fingerprint density at radius 3 is 2.80 bits per heavy atom. The third kappa shape index (κ3) is 2.33. The Morgan fingerprint density at radius 1 is 1.33 bits per heavy atom. The van der Waals surface area contributed by atoms with Crippen LogP contribution < -0.4 is 0 Å². The molecule has 2 rings (SSSR count). The Kier molecular flexibility index (Phi) is 2.97. The quantitative estimate of drug-likeness (QED) is 0.588. The van der Waals surface area contributed by atoms with E-state index < -0.39 is 0 Å². The smallest absolute Gasteiger partial charge is 0.208 e. The first-order chi connectivity index (χ1) is 7.27. The lowest BCUT2D eigenvalue weighted by Crippen LogP contribution is -2.00. The fourth-order valence-electron chi connectivity index (χ4n) is 1.17. The lowest BCUT2D eigenvalue weighted by atomic mass is 10.3. The van der Waals surface area contributed by atoms with E-state index in [-0.39, 0.29) is 5.78 Å². The second-order valence-corrected chi connectivity index (χ2v) is 4.05. The van der Waals surface area contributed by atoms with Crippen molar-refractivity contribution in [2.75, 3.05) is 5.75 Å². The van der Waals surface area contributed by atoms with Gasteiger partial charge in [-0.15, -0.1) is 11.8 Å². The summed E-state index contributed by atoms with van der Waals surface area (Å²) in [5.41, 5.74) is 0. The predicted octanol–water partition coefficient (Wildman–Crippen LogP) is 3.16. The molecular formula is C11H10O3S. The summed E-state index contributed by atoms with van der Waals surface area (Å²) in [6.07, 6.45) is 3.12. The summed E-state index contributed by atoms with van der Waals surface area (Å²) in [5, 5.41) is 0. The Labute approximate surface area is 91.5 Å². The van der Waals surface area contributed by atoms with Crippen molar-refractivity contribution < 1.29 is 13.6 Å². The van der Waals surface area contributed by atoms with Gasteiger partial charge in [-0.1, -0.05) is 0 Å². The van der Waals surface area contributed by atoms with E-state index in [1.165, 1.54) is 18.0 Å². The van der Waals surface area contributed by atoms with E-state index in [4.69, 9.17) is 8.83 Å². The van der Waals surface area contributed by atoms with Crippen molar-refractivity contribution in [1.82, 2.24) is 0 Å². The zero-order chi connectivity index (χ0) is 10.7. The molecule has 0 fully saturated rings. The van der Waals surface area contributed by atoms with Gasteiger partial charge in [0, 0.05) is 4.90 Å². The Hall–Kier alpha value is -1.42. The third-order valence-electron chi connectivity index (χ3n) is 1.97. The summed E-state index contributed by atoms with van der Waals surface area (Å²) >= 11 is 1.46. The molecule has 15 heavy (non-hydrogen) atoms. The SMILES string of the molecule is Cc1occc1SCC(=O)c1ccco1. The Morgan fingerprint density at radius 2 is 2.20 bits per heavy atom. The normalized spacial score (nSPS) is 10.5. The zero-order valence-electron chi connectivity index (χ0n) is 8.23. The number of hydrogen-bond acceptors (Lipinski definition) is 4. The maximum atomic E-state index is 11.6. The molecule has 0 spiro atoms. The van der Waals surface area contributed by atoms with E-state index in [0.717, 1.165) is 10.7 Å². The Balaban J connectivity index is 1.95. The number of carbonyl (C=O) groups excluding carboxylic acids is 1. The van der Waals surface area contributed by atoms with Crippen molar-refractivity contribution in [2.24, 2.45) is 0 Å². The third-order valence-corrected chi connectivity index (χ3v) is 3.11. The van der Waals surface area contributed by atoms with Gasteiger partial charge in [0.05, 0.1) is 18.3 Å². The summed E-state index contributed by atoms with van der Waals surface area (Å²) in [6.45, 7) is 1.87. The van der Waals surface area contributed by atoms with Crippen LogP contribution in [0.4, 0.5) is 0 Å². The summed E-state index contributed by atoms with van der Waals surface area (Å²) in [6, 6.07) is 5.24. The highest BCUT2D eigenvalue weighted by molar-refractivity contribution is 8.00. The molecule has 4 heteroatoms. The monoisotopic (exact) mass is 222 g/mol. The van der Waals surface area contributed by atoms with Crippen LogP contribution >= 0.6 is 11.8 Å². The fraction of sp³-hybridized carbons (Fsp3) is 0.182. The van der Waals surface area contributed by atoms with Crippen LogP contribution in [0.2, 0.25) is 0 Å². The molecule has 2 heterocycles. The van der Waals surface area contributed by atoms with Crippen LogP contribution in [0.25, 0.3) is 0 Å². The maximum Gasteiger partial charge on any atom is 0.208 e. The first kappa shape index (κ1) is 10.1. The van der Waals surface area contributed by atoms with Crippen LogP contribution in [0, 0.1) is 6.92 Å². The molecule has 0 amide bonds. The van der Waals surface area contributed by atoms with Crippen molar-refractivity contribution in [2.45, 2.75) is 11.8 Å². The molecule has 3 nitrogen and oxygen atoms in total. The van der Waals surface area contributed by atoms with Gasteiger partial charge < -0.3 is 8.83 Å². The number of hydrogen-bond donors (Lipinski definition) is 0. The molecule has 0 saturated heterocycles. The molecule has 78 valence electrons. The topological polar surface area (TPSA) is 43.4 Å². The van der Waals surface area contributed by atoms with Gasteiger partial charge in [0.2, 0.25) is 5.78 Å². The highest BCUT2D eigenvalue weighted by atomic mass is 32.2. The van der Waals surface area contributed by atoms with Crippen LogP contribution in [0.15, 0.2) is 44.5 Å². The molecule has 0 aromatic carbocycles. The van der Waals surface area contributed by atoms with Gasteiger partial charge in [-0.2, -0.15) is 0 Å². The summed E-state index contributed by atoms with van der Waals surface area (Å²) in [4.78, 5) is 12.6. The molecule has 2 aromatic heterocycles. The number of Topliss-reactive ketones (excluding diaryl/α,β-unsaturated/α-hetero) is 1. The number of rotatable bonds is 4. The molecule has 0 aliphatic heterocycles. The summed E-state index contributed by atoms with van der Waals surface area (Å²) < 4.78 is 10.1. The van der Waals surface area contributed by atoms with Gasteiger partial charge in [-0.05, 0) is 25.1 Å². The minimum atomic E-state index is -0.00870.